The van der Waals surface area contributed by atoms with Crippen LogP contribution in [-0.2, 0) is 9.53 Å². The molecule has 0 radical (unpaired) electrons. The van der Waals surface area contributed by atoms with E-state index >= 15 is 0 Å². The Morgan fingerprint density at radius 3 is 1.91 bits per heavy atom. The molecule has 1 rings (SSSR count). The molecule has 0 aromatic rings. The Morgan fingerprint density at radius 1 is 1.36 bits per heavy atom. The molecular formula is C8H17NO2. The van der Waals surface area contributed by atoms with Crippen LogP contribution in [0.1, 0.15) is 13.8 Å². The maximum atomic E-state index is 9.50. The van der Waals surface area contributed by atoms with Crippen LogP contribution >= 0.6 is 0 Å². The Balaban J connectivity index is 0.000000187. The van der Waals surface area contributed by atoms with Crippen LogP contribution in [0.4, 0.5) is 0 Å². The standard InChI is InChI=1S/C4H9NO.C4H8O/c1-3-6-4-2-5-1;1-4(2)3-5/h5H,1-4H2;3-4H,1-2H3. The zero-order valence-electron chi connectivity index (χ0n) is 7.30. The van der Waals surface area contributed by atoms with E-state index in [9.17, 15) is 4.79 Å². The van der Waals surface area contributed by atoms with Gasteiger partial charge in [0.1, 0.15) is 6.29 Å². The largest absolute Gasteiger partial charge is 0.379 e. The fraction of sp³-hybridized carbons (Fsp3) is 0.875. The lowest BCUT2D eigenvalue weighted by molar-refractivity contribution is -0.110. The molecule has 0 aromatic heterocycles. The number of carbonyl (C=O) groups is 1. The molecule has 1 N–H and O–H groups in total. The first kappa shape index (κ1) is 10.6. The molecule has 1 saturated heterocycles. The molecule has 0 amide bonds. The van der Waals surface area contributed by atoms with Crippen LogP contribution in [0.5, 0.6) is 0 Å². The predicted molar refractivity (Wildman–Crippen MR) is 44.6 cm³/mol. The highest BCUT2D eigenvalue weighted by molar-refractivity contribution is 5.51. The van der Waals surface area contributed by atoms with Gasteiger partial charge in [-0.3, -0.25) is 0 Å². The van der Waals surface area contributed by atoms with Crippen LogP contribution in [0.2, 0.25) is 0 Å². The number of nitrogens with one attached hydrogen (secondary N) is 1. The van der Waals surface area contributed by atoms with E-state index in [2.05, 4.69) is 5.32 Å². The van der Waals surface area contributed by atoms with Crippen molar-refractivity contribution < 1.29 is 9.53 Å². The van der Waals surface area contributed by atoms with Crippen molar-refractivity contribution in [2.24, 2.45) is 5.92 Å². The number of hydrogen-bond donors (Lipinski definition) is 1. The van der Waals surface area contributed by atoms with E-state index in [1.807, 2.05) is 13.8 Å². The first-order valence-corrected chi connectivity index (χ1v) is 4.01. The molecule has 0 unspecified atom stereocenters. The zero-order valence-corrected chi connectivity index (χ0v) is 7.30. The molecule has 3 nitrogen and oxygen atoms in total. The molecule has 66 valence electrons. The molecule has 3 heteroatoms. The summed E-state index contributed by atoms with van der Waals surface area (Å²) in [5.74, 6) is 0.204. The molecule has 0 bridgehead atoms. The number of carbonyl (C=O) groups excluding carboxylic acids is 1. The van der Waals surface area contributed by atoms with Gasteiger partial charge in [-0.1, -0.05) is 13.8 Å². The van der Waals surface area contributed by atoms with Gasteiger partial charge in [0.25, 0.3) is 0 Å². The van der Waals surface area contributed by atoms with Crippen molar-refractivity contribution in [3.8, 4) is 0 Å². The maximum Gasteiger partial charge on any atom is 0.122 e. The molecule has 1 heterocycles. The minimum Gasteiger partial charge on any atom is -0.379 e. The summed E-state index contributed by atoms with van der Waals surface area (Å²) in [6.45, 7) is 7.54. The third-order valence-corrected chi connectivity index (χ3v) is 1.12. The first-order valence-electron chi connectivity index (χ1n) is 4.01. The van der Waals surface area contributed by atoms with Gasteiger partial charge in [-0.15, -0.1) is 0 Å². The summed E-state index contributed by atoms with van der Waals surface area (Å²) < 4.78 is 5.01. The van der Waals surface area contributed by atoms with Gasteiger partial charge in [0.2, 0.25) is 0 Å². The Kier molecular flexibility index (Phi) is 7.41. The lowest BCUT2D eigenvalue weighted by Crippen LogP contribution is -2.30. The summed E-state index contributed by atoms with van der Waals surface area (Å²) in [6, 6.07) is 0. The summed E-state index contributed by atoms with van der Waals surface area (Å²) in [4.78, 5) is 9.50. The Morgan fingerprint density at radius 2 is 1.82 bits per heavy atom. The van der Waals surface area contributed by atoms with Crippen molar-refractivity contribution in [3.63, 3.8) is 0 Å². The van der Waals surface area contributed by atoms with E-state index in [4.69, 9.17) is 4.74 Å². The average Bonchev–Trinajstić information content (AvgIpc) is 2.09. The van der Waals surface area contributed by atoms with Gasteiger partial charge in [0.05, 0.1) is 13.2 Å². The minimum atomic E-state index is 0.204. The number of rotatable bonds is 1. The third-order valence-electron chi connectivity index (χ3n) is 1.12. The van der Waals surface area contributed by atoms with Gasteiger partial charge in [-0.05, 0) is 0 Å². The highest BCUT2D eigenvalue weighted by Gasteiger charge is 1.92. The molecule has 0 aromatic carbocycles. The SMILES string of the molecule is C1COCCN1.CC(C)C=O. The normalized spacial score (nSPS) is 17.0. The highest BCUT2D eigenvalue weighted by Crippen LogP contribution is 1.78. The van der Waals surface area contributed by atoms with Crippen LogP contribution in [-0.4, -0.2) is 32.6 Å². The fourth-order valence-electron chi connectivity index (χ4n) is 0.516. The molecule has 0 saturated carbocycles. The van der Waals surface area contributed by atoms with Gasteiger partial charge in [0, 0.05) is 19.0 Å². The first-order chi connectivity index (χ1) is 5.27. The summed E-state index contributed by atoms with van der Waals surface area (Å²) in [7, 11) is 0. The Hall–Kier alpha value is -0.410. The van der Waals surface area contributed by atoms with Crippen molar-refractivity contribution in [1.29, 1.82) is 0 Å². The number of ether oxygens (including phenoxy) is 1. The number of hydrogen-bond acceptors (Lipinski definition) is 3. The molecule has 1 aliphatic rings. The van der Waals surface area contributed by atoms with E-state index in [1.54, 1.807) is 0 Å². The van der Waals surface area contributed by atoms with Gasteiger partial charge in [-0.2, -0.15) is 0 Å². The minimum absolute atomic E-state index is 0.204. The topological polar surface area (TPSA) is 38.3 Å². The Bertz CT molecular complexity index is 78.6. The Labute approximate surface area is 68.1 Å². The van der Waals surface area contributed by atoms with Crippen LogP contribution in [0.25, 0.3) is 0 Å². The van der Waals surface area contributed by atoms with E-state index in [0.29, 0.717) is 0 Å². The lowest BCUT2D eigenvalue weighted by atomic mass is 10.3. The number of aldehydes is 1. The van der Waals surface area contributed by atoms with Crippen molar-refractivity contribution in [3.05, 3.63) is 0 Å². The summed E-state index contributed by atoms with van der Waals surface area (Å²) in [6.07, 6.45) is 0.917. The van der Waals surface area contributed by atoms with Gasteiger partial charge >= 0.3 is 0 Å². The molecular weight excluding hydrogens is 142 g/mol. The van der Waals surface area contributed by atoms with Crippen molar-refractivity contribution in [1.82, 2.24) is 5.32 Å². The molecule has 11 heavy (non-hydrogen) atoms. The lowest BCUT2D eigenvalue weighted by Gasteiger charge is -2.10. The molecule has 1 aliphatic heterocycles. The third kappa shape index (κ3) is 9.59. The molecule has 0 atom stereocenters. The van der Waals surface area contributed by atoms with Gasteiger partial charge < -0.3 is 14.8 Å². The van der Waals surface area contributed by atoms with Crippen LogP contribution < -0.4 is 5.32 Å². The second-order valence-corrected chi connectivity index (χ2v) is 2.74. The second-order valence-electron chi connectivity index (χ2n) is 2.74. The average molecular weight is 159 g/mol. The fourth-order valence-corrected chi connectivity index (χ4v) is 0.516. The molecule has 0 spiro atoms. The monoisotopic (exact) mass is 159 g/mol. The van der Waals surface area contributed by atoms with Crippen molar-refractivity contribution in [2.45, 2.75) is 13.8 Å². The van der Waals surface area contributed by atoms with E-state index in [1.165, 1.54) is 0 Å². The number of morpholine rings is 1. The van der Waals surface area contributed by atoms with Crippen LogP contribution in [0.15, 0.2) is 0 Å². The van der Waals surface area contributed by atoms with E-state index in [-0.39, 0.29) is 5.92 Å². The van der Waals surface area contributed by atoms with Crippen molar-refractivity contribution in [2.75, 3.05) is 26.3 Å². The maximum absolute atomic E-state index is 9.50. The van der Waals surface area contributed by atoms with Gasteiger partial charge in [-0.25, -0.2) is 0 Å². The predicted octanol–water partition coefficient (Wildman–Crippen LogP) is 0.447. The van der Waals surface area contributed by atoms with E-state index < -0.39 is 0 Å². The smallest absolute Gasteiger partial charge is 0.122 e. The quantitative estimate of drug-likeness (QED) is 0.564. The van der Waals surface area contributed by atoms with Crippen molar-refractivity contribution >= 4 is 6.29 Å². The summed E-state index contributed by atoms with van der Waals surface area (Å²) >= 11 is 0. The summed E-state index contributed by atoms with van der Waals surface area (Å²) in [5.41, 5.74) is 0. The van der Waals surface area contributed by atoms with E-state index in [0.717, 1.165) is 32.6 Å². The van der Waals surface area contributed by atoms with Crippen LogP contribution in [0.3, 0.4) is 0 Å². The molecule has 1 fully saturated rings. The zero-order chi connectivity index (χ0) is 8.53. The molecule has 0 aliphatic carbocycles. The van der Waals surface area contributed by atoms with Gasteiger partial charge in [0.15, 0.2) is 0 Å². The highest BCUT2D eigenvalue weighted by atomic mass is 16.5. The van der Waals surface area contributed by atoms with Crippen LogP contribution in [0, 0.1) is 5.92 Å². The second kappa shape index (κ2) is 7.69. The summed E-state index contributed by atoms with van der Waals surface area (Å²) in [5, 5.41) is 3.16.